The third-order valence-electron chi connectivity index (χ3n) is 5.60. The van der Waals surface area contributed by atoms with E-state index < -0.39 is 0 Å². The number of aryl methyl sites for hydroxylation is 1. The summed E-state index contributed by atoms with van der Waals surface area (Å²) in [5.41, 5.74) is 4.91. The van der Waals surface area contributed by atoms with E-state index in [0.29, 0.717) is 12.0 Å². The molecule has 2 aromatic heterocycles. The van der Waals surface area contributed by atoms with Gasteiger partial charge in [0.2, 0.25) is 0 Å². The second-order valence-electron chi connectivity index (χ2n) is 7.90. The van der Waals surface area contributed by atoms with Gasteiger partial charge in [0, 0.05) is 16.6 Å². The first kappa shape index (κ1) is 18.3. The van der Waals surface area contributed by atoms with Crippen LogP contribution in [-0.4, -0.2) is 16.9 Å². The third-order valence-corrected chi connectivity index (χ3v) is 6.58. The van der Waals surface area contributed by atoms with Gasteiger partial charge in [0.25, 0.3) is 0 Å². The number of aromatic nitrogens is 1. The van der Waals surface area contributed by atoms with Gasteiger partial charge in [0.05, 0.1) is 12.0 Å². The average Bonchev–Trinajstić information content (AvgIpc) is 3.37. The van der Waals surface area contributed by atoms with Gasteiger partial charge in [-0.25, -0.2) is 4.98 Å². The lowest BCUT2D eigenvalue weighted by Crippen LogP contribution is -2.22. The fourth-order valence-electron chi connectivity index (χ4n) is 3.87. The Morgan fingerprint density at radius 3 is 2.66 bits per heavy atom. The van der Waals surface area contributed by atoms with E-state index in [1.807, 2.05) is 23.6 Å². The van der Waals surface area contributed by atoms with Crippen molar-refractivity contribution in [2.45, 2.75) is 44.6 Å². The van der Waals surface area contributed by atoms with Crippen LogP contribution >= 0.6 is 11.3 Å². The number of rotatable bonds is 3. The Hall–Kier alpha value is -2.72. The first-order valence-electron chi connectivity index (χ1n) is 10.4. The van der Waals surface area contributed by atoms with Crippen LogP contribution in [0.2, 0.25) is 0 Å². The predicted octanol–water partition coefficient (Wildman–Crippen LogP) is 6.43. The molecular weight excluding hydrogens is 374 g/mol. The number of pyridine rings is 1. The van der Waals surface area contributed by atoms with Crippen molar-refractivity contribution in [1.29, 1.82) is 0 Å². The molecule has 146 valence electrons. The molecule has 3 nitrogen and oxygen atoms in total. The molecule has 3 aromatic rings. The van der Waals surface area contributed by atoms with Crippen LogP contribution in [-0.2, 0) is 0 Å². The number of hydrogen-bond acceptors (Lipinski definition) is 3. The summed E-state index contributed by atoms with van der Waals surface area (Å²) in [7, 11) is 0. The maximum absolute atomic E-state index is 5.09. The lowest BCUT2D eigenvalue weighted by atomic mass is 9.95. The van der Waals surface area contributed by atoms with Crippen molar-refractivity contribution in [3.63, 3.8) is 0 Å². The molecule has 1 atom stereocenters. The van der Waals surface area contributed by atoms with Crippen molar-refractivity contribution in [3.8, 4) is 0 Å². The smallest absolute Gasteiger partial charge is 0.139 e. The molecule has 0 spiro atoms. The highest BCUT2D eigenvalue weighted by Crippen LogP contribution is 2.36. The van der Waals surface area contributed by atoms with Gasteiger partial charge in [0.15, 0.2) is 0 Å². The predicted molar refractivity (Wildman–Crippen MR) is 123 cm³/mol. The minimum atomic E-state index is 0.291. The van der Waals surface area contributed by atoms with Crippen LogP contribution in [0.1, 0.15) is 53.2 Å². The van der Waals surface area contributed by atoms with Crippen LogP contribution in [0.15, 0.2) is 71.2 Å². The van der Waals surface area contributed by atoms with Crippen molar-refractivity contribution in [1.82, 2.24) is 4.98 Å². The molecule has 4 heteroatoms. The number of fused-ring (bicyclic) bond motifs is 1. The summed E-state index contributed by atoms with van der Waals surface area (Å²) in [5.74, 6) is 2.27. The Kier molecular flexibility index (Phi) is 5.03. The first-order chi connectivity index (χ1) is 14.3. The summed E-state index contributed by atoms with van der Waals surface area (Å²) in [6, 6.07) is 17.8. The van der Waals surface area contributed by atoms with Crippen LogP contribution in [0.3, 0.4) is 0 Å². The zero-order chi connectivity index (χ0) is 19.6. The maximum Gasteiger partial charge on any atom is 0.139 e. The number of amidine groups is 1. The Labute approximate surface area is 176 Å². The number of allylic oxidation sites excluding steroid dienone is 1. The summed E-state index contributed by atoms with van der Waals surface area (Å²) in [5, 5.41) is 5.83. The molecule has 1 aliphatic carbocycles. The van der Waals surface area contributed by atoms with Crippen LogP contribution in [0.5, 0.6) is 0 Å². The third kappa shape index (κ3) is 4.03. The molecule has 1 fully saturated rings. The molecule has 0 radical (unpaired) electrons. The SMILES string of the molecule is Cc1ccc(/C2=C\CCC(c3cccs3)C(=NC3CC3)Nc3ncccc32)cc1. The zero-order valence-corrected chi connectivity index (χ0v) is 17.5. The topological polar surface area (TPSA) is 37.3 Å². The minimum Gasteiger partial charge on any atom is -0.328 e. The van der Waals surface area contributed by atoms with Gasteiger partial charge < -0.3 is 5.32 Å². The van der Waals surface area contributed by atoms with Gasteiger partial charge in [-0.3, -0.25) is 4.99 Å². The quantitative estimate of drug-likeness (QED) is 0.551. The van der Waals surface area contributed by atoms with E-state index in [9.17, 15) is 0 Å². The van der Waals surface area contributed by atoms with Gasteiger partial charge >= 0.3 is 0 Å². The van der Waals surface area contributed by atoms with Crippen molar-refractivity contribution in [2.75, 3.05) is 5.32 Å². The first-order valence-corrected chi connectivity index (χ1v) is 11.3. The fourth-order valence-corrected chi connectivity index (χ4v) is 4.73. The highest BCUT2D eigenvalue weighted by Gasteiger charge is 2.27. The van der Waals surface area contributed by atoms with Crippen LogP contribution < -0.4 is 5.32 Å². The standard InChI is InChI=1S/C25H25N3S/c1-17-9-11-18(12-10-17)20-5-2-6-22(23-8-4-16-29-23)25(27-19-13-14-19)28-24-21(20)7-3-15-26-24/h3-5,7-12,15-16,19,22H,2,6,13-14H2,1H3,(H,26,27,28)/b20-5+. The summed E-state index contributed by atoms with van der Waals surface area (Å²) in [4.78, 5) is 11.2. The molecule has 0 saturated heterocycles. The fraction of sp³-hybridized carbons (Fsp3) is 0.280. The summed E-state index contributed by atoms with van der Waals surface area (Å²) in [6.07, 6.45) is 8.70. The molecule has 1 unspecified atom stereocenters. The van der Waals surface area contributed by atoms with E-state index in [1.54, 1.807) is 0 Å². The van der Waals surface area contributed by atoms with Gasteiger partial charge in [-0.15, -0.1) is 11.3 Å². The van der Waals surface area contributed by atoms with Crippen molar-refractivity contribution in [2.24, 2.45) is 4.99 Å². The van der Waals surface area contributed by atoms with Crippen LogP contribution in [0.4, 0.5) is 5.82 Å². The van der Waals surface area contributed by atoms with Gasteiger partial charge in [-0.05, 0) is 67.3 Å². The van der Waals surface area contributed by atoms with Crippen LogP contribution in [0, 0.1) is 6.92 Å². The lowest BCUT2D eigenvalue weighted by molar-refractivity contribution is 0.787. The lowest BCUT2D eigenvalue weighted by Gasteiger charge is -2.19. The largest absolute Gasteiger partial charge is 0.328 e. The van der Waals surface area contributed by atoms with Crippen molar-refractivity contribution in [3.05, 3.63) is 87.8 Å². The zero-order valence-electron chi connectivity index (χ0n) is 16.6. The number of nitrogens with one attached hydrogen (secondary N) is 1. The van der Waals surface area contributed by atoms with E-state index in [2.05, 4.69) is 66.2 Å². The maximum atomic E-state index is 5.09. The van der Waals surface area contributed by atoms with Crippen molar-refractivity contribution >= 4 is 28.6 Å². The summed E-state index contributed by atoms with van der Waals surface area (Å²) < 4.78 is 0. The van der Waals surface area contributed by atoms with E-state index in [0.717, 1.165) is 30.1 Å². The normalized spacial score (nSPS) is 22.6. The second-order valence-corrected chi connectivity index (χ2v) is 8.88. The molecule has 3 heterocycles. The minimum absolute atomic E-state index is 0.291. The van der Waals surface area contributed by atoms with Gasteiger partial charge in [0.1, 0.15) is 11.7 Å². The number of benzene rings is 1. The number of hydrogen-bond donors (Lipinski definition) is 1. The highest BCUT2D eigenvalue weighted by atomic mass is 32.1. The van der Waals surface area contributed by atoms with Crippen LogP contribution in [0.25, 0.3) is 5.57 Å². The second kappa shape index (κ2) is 7.96. The summed E-state index contributed by atoms with van der Waals surface area (Å²) in [6.45, 7) is 2.13. The Bertz CT molecular complexity index is 1040. The molecule has 5 rings (SSSR count). The van der Waals surface area contributed by atoms with E-state index in [4.69, 9.17) is 9.98 Å². The number of thiophene rings is 1. The molecule has 29 heavy (non-hydrogen) atoms. The Morgan fingerprint density at radius 2 is 1.90 bits per heavy atom. The molecule has 1 saturated carbocycles. The molecule has 2 aliphatic rings. The number of anilines is 1. The molecule has 0 bridgehead atoms. The molecular formula is C25H25N3S. The molecule has 1 N–H and O–H groups in total. The number of nitrogens with zero attached hydrogens (tertiary/aromatic N) is 2. The number of aliphatic imine (C=N–C) groups is 1. The van der Waals surface area contributed by atoms with Crippen molar-refractivity contribution < 1.29 is 0 Å². The van der Waals surface area contributed by atoms with Gasteiger partial charge in [-0.2, -0.15) is 0 Å². The van der Waals surface area contributed by atoms with Gasteiger partial charge in [-0.1, -0.05) is 42.0 Å². The van der Waals surface area contributed by atoms with E-state index in [-0.39, 0.29) is 0 Å². The molecule has 1 aromatic carbocycles. The monoisotopic (exact) mass is 399 g/mol. The summed E-state index contributed by atoms with van der Waals surface area (Å²) >= 11 is 1.82. The Balaban J connectivity index is 1.61. The van der Waals surface area contributed by atoms with E-state index in [1.165, 1.54) is 34.4 Å². The van der Waals surface area contributed by atoms with E-state index >= 15 is 0 Å². The molecule has 1 aliphatic heterocycles. The molecule has 0 amide bonds. The highest BCUT2D eigenvalue weighted by molar-refractivity contribution is 7.10. The Morgan fingerprint density at radius 1 is 1.03 bits per heavy atom. The average molecular weight is 400 g/mol.